The normalized spacial score (nSPS) is 13.0. The van der Waals surface area contributed by atoms with E-state index in [-0.39, 0.29) is 13.2 Å². The molecule has 0 rings (SSSR count). The molecule has 0 aromatic heterocycles. The van der Waals surface area contributed by atoms with Crippen LogP contribution < -0.4 is 0 Å². The van der Waals surface area contributed by atoms with Crippen molar-refractivity contribution in [3.63, 3.8) is 0 Å². The van der Waals surface area contributed by atoms with Crippen LogP contribution in [-0.2, 0) is 31.7 Å². The van der Waals surface area contributed by atoms with Crippen LogP contribution in [0.4, 0.5) is 17.6 Å². The standard InChI is InChI=1S/C11H20F4O7P2/c1-5-18-23(16,19-6-2)11(14,15)9(10(12)13)22-24(17,20-7-3)21-8-4/h5-8H2,1-4H3. The van der Waals surface area contributed by atoms with Gasteiger partial charge in [0.05, 0.1) is 26.4 Å². The largest absolute Gasteiger partial charge is 0.530 e. The monoisotopic (exact) mass is 402 g/mol. The van der Waals surface area contributed by atoms with E-state index in [9.17, 15) is 26.7 Å². The summed E-state index contributed by atoms with van der Waals surface area (Å²) in [5.74, 6) is -2.45. The lowest BCUT2D eigenvalue weighted by atomic mass is 10.6. The van der Waals surface area contributed by atoms with Gasteiger partial charge in [0, 0.05) is 0 Å². The van der Waals surface area contributed by atoms with Crippen molar-refractivity contribution in [3.8, 4) is 0 Å². The Bertz CT molecular complexity index is 503. The molecule has 0 amide bonds. The third-order valence-corrected chi connectivity index (χ3v) is 5.81. The fourth-order valence-electron chi connectivity index (χ4n) is 1.38. The molecule has 0 N–H and O–H groups in total. The lowest BCUT2D eigenvalue weighted by Crippen LogP contribution is -2.25. The maximum Gasteiger partial charge on any atom is 0.530 e. The minimum absolute atomic E-state index is 0.335. The summed E-state index contributed by atoms with van der Waals surface area (Å²) in [5.41, 5.74) is -4.91. The second-order valence-electron chi connectivity index (χ2n) is 3.84. The number of phosphoric ester groups is 1. The van der Waals surface area contributed by atoms with Gasteiger partial charge < -0.3 is 13.6 Å². The van der Waals surface area contributed by atoms with E-state index in [0.29, 0.717) is 0 Å². The maximum absolute atomic E-state index is 14.4. The highest BCUT2D eigenvalue weighted by molar-refractivity contribution is 7.55. The predicted molar refractivity (Wildman–Crippen MR) is 77.0 cm³/mol. The number of halogens is 4. The van der Waals surface area contributed by atoms with Crippen LogP contribution in [0, 0.1) is 0 Å². The zero-order valence-corrected chi connectivity index (χ0v) is 15.4. The summed E-state index contributed by atoms with van der Waals surface area (Å²) in [4.78, 5) is 0. The number of allylic oxidation sites excluding steroid dienone is 1. The summed E-state index contributed by atoms with van der Waals surface area (Å²) in [7, 11) is -10.2. The van der Waals surface area contributed by atoms with E-state index in [1.165, 1.54) is 27.7 Å². The van der Waals surface area contributed by atoms with Gasteiger partial charge in [0.2, 0.25) is 0 Å². The molecule has 0 aliphatic heterocycles. The van der Waals surface area contributed by atoms with Gasteiger partial charge in [-0.1, -0.05) is 0 Å². The first-order valence-corrected chi connectivity index (χ1v) is 9.95. The van der Waals surface area contributed by atoms with Gasteiger partial charge >= 0.3 is 27.2 Å². The minimum Gasteiger partial charge on any atom is -0.395 e. The van der Waals surface area contributed by atoms with E-state index >= 15 is 0 Å². The number of phosphoric acid groups is 1. The summed E-state index contributed by atoms with van der Waals surface area (Å²) >= 11 is 0. The molecule has 0 saturated heterocycles. The average Bonchev–Trinajstić information content (AvgIpc) is 2.45. The van der Waals surface area contributed by atoms with Gasteiger partial charge in [0.25, 0.3) is 5.76 Å². The highest BCUT2D eigenvalue weighted by atomic mass is 31.2. The van der Waals surface area contributed by atoms with Crippen molar-refractivity contribution in [1.29, 1.82) is 0 Å². The summed E-state index contributed by atoms with van der Waals surface area (Å²) in [5, 5.41) is 0. The van der Waals surface area contributed by atoms with Gasteiger partial charge in [-0.05, 0) is 27.7 Å². The molecule has 0 fully saturated rings. The lowest BCUT2D eigenvalue weighted by molar-refractivity contribution is 0.0193. The van der Waals surface area contributed by atoms with Crippen LogP contribution in [0.2, 0.25) is 0 Å². The molecule has 0 bridgehead atoms. The molecule has 0 aromatic carbocycles. The Balaban J connectivity index is 5.93. The van der Waals surface area contributed by atoms with Crippen LogP contribution in [0.15, 0.2) is 11.8 Å². The Morgan fingerprint density at radius 2 is 1.21 bits per heavy atom. The minimum atomic E-state index is -5.38. The van der Waals surface area contributed by atoms with Crippen molar-refractivity contribution in [3.05, 3.63) is 11.8 Å². The SMILES string of the molecule is CCOP(=O)(OCC)OC(=C(F)F)C(F)(F)P(=O)(OCC)OCC. The van der Waals surface area contributed by atoms with Crippen LogP contribution in [0.25, 0.3) is 0 Å². The number of alkyl halides is 2. The van der Waals surface area contributed by atoms with E-state index in [4.69, 9.17) is 0 Å². The first-order valence-electron chi connectivity index (χ1n) is 6.94. The summed E-state index contributed by atoms with van der Waals surface area (Å²) in [6, 6.07) is 0. The Morgan fingerprint density at radius 3 is 1.50 bits per heavy atom. The topological polar surface area (TPSA) is 80.3 Å². The molecule has 0 aliphatic rings. The van der Waals surface area contributed by atoms with Gasteiger partial charge in [-0.25, -0.2) is 4.57 Å². The molecule has 0 saturated carbocycles. The van der Waals surface area contributed by atoms with Gasteiger partial charge in [-0.15, -0.1) is 0 Å². The first-order chi connectivity index (χ1) is 11.0. The van der Waals surface area contributed by atoms with Crippen LogP contribution in [0.1, 0.15) is 27.7 Å². The van der Waals surface area contributed by atoms with Crippen LogP contribution in [0.5, 0.6) is 0 Å². The zero-order valence-electron chi connectivity index (χ0n) is 13.6. The zero-order chi connectivity index (χ0) is 19.0. The predicted octanol–water partition coefficient (Wildman–Crippen LogP) is 5.15. The molecule has 24 heavy (non-hydrogen) atoms. The molecular weight excluding hydrogens is 382 g/mol. The second-order valence-corrected chi connectivity index (χ2v) is 7.50. The molecule has 0 aromatic rings. The first kappa shape index (κ1) is 23.6. The van der Waals surface area contributed by atoms with Gasteiger partial charge in [-0.3, -0.25) is 13.6 Å². The average molecular weight is 402 g/mol. The molecule has 0 radical (unpaired) electrons. The Kier molecular flexibility index (Phi) is 9.71. The van der Waals surface area contributed by atoms with E-state index < -0.39 is 46.1 Å². The van der Waals surface area contributed by atoms with E-state index in [0.717, 1.165) is 0 Å². The summed E-state index contributed by atoms with van der Waals surface area (Å²) in [6.07, 6.45) is -3.07. The molecular formula is C11H20F4O7P2. The molecule has 0 atom stereocenters. The van der Waals surface area contributed by atoms with Crippen molar-refractivity contribution >= 4 is 15.4 Å². The molecule has 13 heteroatoms. The second kappa shape index (κ2) is 9.89. The summed E-state index contributed by atoms with van der Waals surface area (Å²) in [6.45, 7) is 3.36. The molecule has 7 nitrogen and oxygen atoms in total. The highest BCUT2D eigenvalue weighted by Crippen LogP contribution is 2.67. The van der Waals surface area contributed by atoms with Crippen LogP contribution >= 0.6 is 15.4 Å². The van der Waals surface area contributed by atoms with Gasteiger partial charge in [0.1, 0.15) is 0 Å². The number of hydrogen-bond donors (Lipinski definition) is 0. The third-order valence-electron chi connectivity index (χ3n) is 2.16. The van der Waals surface area contributed by atoms with E-state index in [1.54, 1.807) is 0 Å². The highest BCUT2D eigenvalue weighted by Gasteiger charge is 2.61. The molecule has 0 aliphatic carbocycles. The fraction of sp³-hybridized carbons (Fsp3) is 0.818. The Hall–Kier alpha value is -0.440. The van der Waals surface area contributed by atoms with Crippen molar-refractivity contribution < 1.29 is 49.3 Å². The lowest BCUT2D eigenvalue weighted by Gasteiger charge is -2.28. The van der Waals surface area contributed by atoms with Crippen LogP contribution in [-0.4, -0.2) is 32.1 Å². The quantitative estimate of drug-likeness (QED) is 0.254. The molecule has 144 valence electrons. The van der Waals surface area contributed by atoms with Crippen LogP contribution in [0.3, 0.4) is 0 Å². The van der Waals surface area contributed by atoms with E-state index in [2.05, 4.69) is 22.6 Å². The van der Waals surface area contributed by atoms with Crippen molar-refractivity contribution in [2.24, 2.45) is 0 Å². The maximum atomic E-state index is 14.4. The molecule has 0 heterocycles. The smallest absolute Gasteiger partial charge is 0.395 e. The molecule has 0 spiro atoms. The number of rotatable bonds is 12. The van der Waals surface area contributed by atoms with Crippen molar-refractivity contribution in [2.75, 3.05) is 26.4 Å². The van der Waals surface area contributed by atoms with Gasteiger partial charge in [-0.2, -0.15) is 17.6 Å². The third kappa shape index (κ3) is 5.82. The van der Waals surface area contributed by atoms with Gasteiger partial charge in [0.15, 0.2) is 0 Å². The Labute approximate surface area is 137 Å². The Morgan fingerprint density at radius 1 is 0.833 bits per heavy atom. The summed E-state index contributed by atoms with van der Waals surface area (Å²) < 4.78 is 101. The van der Waals surface area contributed by atoms with E-state index in [1.807, 2.05) is 0 Å². The number of hydrogen-bond acceptors (Lipinski definition) is 7. The van der Waals surface area contributed by atoms with Crippen molar-refractivity contribution in [1.82, 2.24) is 0 Å². The van der Waals surface area contributed by atoms with Crippen molar-refractivity contribution in [2.45, 2.75) is 33.4 Å². The molecule has 0 unspecified atom stereocenters. The fourth-order valence-corrected chi connectivity index (χ4v) is 4.13.